The second-order valence-electron chi connectivity index (χ2n) is 3.37. The van der Waals surface area contributed by atoms with Crippen LogP contribution >= 0.6 is 12.2 Å². The lowest BCUT2D eigenvalue weighted by atomic mass is 10.4. The number of sulfonamides is 1. The minimum absolute atomic E-state index is 0.0541. The van der Waals surface area contributed by atoms with Crippen LogP contribution in [0.25, 0.3) is 0 Å². The summed E-state index contributed by atoms with van der Waals surface area (Å²) in [5.41, 5.74) is 5.87. The van der Waals surface area contributed by atoms with E-state index in [1.807, 2.05) is 0 Å². The van der Waals surface area contributed by atoms with Crippen LogP contribution in [-0.2, 0) is 10.0 Å². The van der Waals surface area contributed by atoms with E-state index in [1.165, 1.54) is 6.20 Å². The maximum atomic E-state index is 11.4. The number of nitrogens with two attached hydrogens (primary N) is 1. The van der Waals surface area contributed by atoms with E-state index in [0.717, 1.165) is 0 Å². The molecular formula is C9H15N5O2S2. The fourth-order valence-electron chi connectivity index (χ4n) is 1.17. The van der Waals surface area contributed by atoms with E-state index < -0.39 is 10.0 Å². The molecule has 0 unspecified atom stereocenters. The predicted molar refractivity (Wildman–Crippen MR) is 73.9 cm³/mol. The third kappa shape index (κ3) is 4.90. The molecule has 0 atom stereocenters. The van der Waals surface area contributed by atoms with Gasteiger partial charge in [0.2, 0.25) is 16.0 Å². The van der Waals surface area contributed by atoms with Gasteiger partial charge in [-0.05, 0) is 6.07 Å². The van der Waals surface area contributed by atoms with Crippen molar-refractivity contribution in [1.82, 2.24) is 14.7 Å². The van der Waals surface area contributed by atoms with Gasteiger partial charge in [0, 0.05) is 19.3 Å². The molecular weight excluding hydrogens is 274 g/mol. The van der Waals surface area contributed by atoms with Gasteiger partial charge in [-0.2, -0.15) is 0 Å². The van der Waals surface area contributed by atoms with Crippen molar-refractivity contribution >= 4 is 33.2 Å². The molecule has 1 aromatic rings. The van der Waals surface area contributed by atoms with Crippen LogP contribution in [0.2, 0.25) is 0 Å². The predicted octanol–water partition coefficient (Wildman–Crippen LogP) is -0.538. The zero-order chi connectivity index (χ0) is 13.6. The number of anilines is 1. The van der Waals surface area contributed by atoms with Gasteiger partial charge in [-0.1, -0.05) is 19.1 Å². The second kappa shape index (κ2) is 6.57. The second-order valence-corrected chi connectivity index (χ2v) is 5.74. The summed E-state index contributed by atoms with van der Waals surface area (Å²) in [5, 5.41) is 2.80. The van der Waals surface area contributed by atoms with Crippen molar-refractivity contribution in [3.8, 4) is 0 Å². The van der Waals surface area contributed by atoms with Gasteiger partial charge in [-0.3, -0.25) is 0 Å². The molecule has 4 N–H and O–H groups in total. The molecule has 0 saturated carbocycles. The lowest BCUT2D eigenvalue weighted by molar-refractivity contribution is 0.584. The Kier molecular flexibility index (Phi) is 5.38. The van der Waals surface area contributed by atoms with Crippen LogP contribution in [0, 0.1) is 0 Å². The molecule has 1 rings (SSSR count). The van der Waals surface area contributed by atoms with E-state index in [-0.39, 0.29) is 17.3 Å². The molecule has 0 radical (unpaired) electrons. The number of aromatic nitrogens is 2. The van der Waals surface area contributed by atoms with Gasteiger partial charge in [0.15, 0.2) is 0 Å². The van der Waals surface area contributed by atoms with E-state index in [1.54, 1.807) is 13.0 Å². The van der Waals surface area contributed by atoms with Crippen molar-refractivity contribution in [2.75, 3.05) is 24.2 Å². The van der Waals surface area contributed by atoms with Crippen LogP contribution in [0.15, 0.2) is 12.3 Å². The highest BCUT2D eigenvalue weighted by Gasteiger charge is 2.08. The summed E-state index contributed by atoms with van der Waals surface area (Å²) >= 11 is 4.78. The lowest BCUT2D eigenvalue weighted by Gasteiger charge is -2.06. The minimum Gasteiger partial charge on any atom is -0.388 e. The molecule has 7 nitrogen and oxygen atoms in total. The maximum absolute atomic E-state index is 11.4. The van der Waals surface area contributed by atoms with Crippen molar-refractivity contribution in [2.45, 2.75) is 6.92 Å². The SMILES string of the molecule is CCNS(=O)(=O)CCNc1nccc(C(N)=S)n1. The van der Waals surface area contributed by atoms with Gasteiger partial charge in [-0.25, -0.2) is 23.1 Å². The van der Waals surface area contributed by atoms with Crippen LogP contribution in [0.1, 0.15) is 12.6 Å². The number of nitrogens with zero attached hydrogens (tertiary/aromatic N) is 2. The monoisotopic (exact) mass is 289 g/mol. The summed E-state index contributed by atoms with van der Waals surface area (Å²) in [6.45, 7) is 2.30. The Bertz CT molecular complexity index is 517. The third-order valence-corrected chi connectivity index (χ3v) is 3.61. The van der Waals surface area contributed by atoms with Crippen molar-refractivity contribution in [1.29, 1.82) is 0 Å². The Hall–Kier alpha value is -1.32. The zero-order valence-electron chi connectivity index (χ0n) is 9.88. The first-order valence-corrected chi connectivity index (χ1v) is 7.34. The fourth-order valence-corrected chi connectivity index (χ4v) is 2.24. The molecule has 100 valence electrons. The zero-order valence-corrected chi connectivity index (χ0v) is 11.5. The van der Waals surface area contributed by atoms with E-state index in [2.05, 4.69) is 20.0 Å². The standard InChI is InChI=1S/C9H15N5O2S2/c1-2-13-18(15,16)6-5-12-9-11-4-3-7(14-9)8(10)17/h3-4,13H,2,5-6H2,1H3,(H2,10,17)(H,11,12,14). The van der Waals surface area contributed by atoms with Crippen LogP contribution in [0.5, 0.6) is 0 Å². The molecule has 0 amide bonds. The van der Waals surface area contributed by atoms with E-state index in [0.29, 0.717) is 18.2 Å². The highest BCUT2D eigenvalue weighted by atomic mass is 32.2. The van der Waals surface area contributed by atoms with Crippen molar-refractivity contribution in [2.24, 2.45) is 5.73 Å². The number of hydrogen-bond acceptors (Lipinski definition) is 6. The summed E-state index contributed by atoms with van der Waals surface area (Å²) < 4.78 is 25.1. The molecule has 18 heavy (non-hydrogen) atoms. The largest absolute Gasteiger partial charge is 0.388 e. The lowest BCUT2D eigenvalue weighted by Crippen LogP contribution is -2.29. The van der Waals surface area contributed by atoms with Crippen molar-refractivity contribution < 1.29 is 8.42 Å². The van der Waals surface area contributed by atoms with E-state index in [9.17, 15) is 8.42 Å². The molecule has 0 fully saturated rings. The first kappa shape index (κ1) is 14.7. The third-order valence-electron chi connectivity index (χ3n) is 1.93. The van der Waals surface area contributed by atoms with Gasteiger partial charge in [-0.15, -0.1) is 0 Å². The molecule has 1 heterocycles. The summed E-state index contributed by atoms with van der Waals surface area (Å²) in [5.74, 6) is 0.244. The smallest absolute Gasteiger partial charge is 0.223 e. The topological polar surface area (TPSA) is 110 Å². The van der Waals surface area contributed by atoms with Gasteiger partial charge < -0.3 is 11.1 Å². The molecule has 0 aliphatic heterocycles. The van der Waals surface area contributed by atoms with Gasteiger partial charge in [0.1, 0.15) is 10.7 Å². The molecule has 1 aromatic heterocycles. The molecule has 0 aliphatic carbocycles. The number of thiocarbonyl (C=S) groups is 1. The highest BCUT2D eigenvalue weighted by Crippen LogP contribution is 2.00. The Morgan fingerprint density at radius 1 is 1.56 bits per heavy atom. The van der Waals surface area contributed by atoms with Gasteiger partial charge >= 0.3 is 0 Å². The van der Waals surface area contributed by atoms with Crippen LogP contribution in [-0.4, -0.2) is 42.2 Å². The summed E-state index contributed by atoms with van der Waals surface area (Å²) in [6.07, 6.45) is 1.50. The Labute approximate surface area is 111 Å². The Morgan fingerprint density at radius 2 is 2.28 bits per heavy atom. The minimum atomic E-state index is -3.25. The van der Waals surface area contributed by atoms with E-state index in [4.69, 9.17) is 18.0 Å². The summed E-state index contributed by atoms with van der Waals surface area (Å²) in [7, 11) is -3.25. The molecule has 9 heteroatoms. The van der Waals surface area contributed by atoms with Gasteiger partial charge in [0.05, 0.1) is 5.75 Å². The summed E-state index contributed by atoms with van der Waals surface area (Å²) in [6, 6.07) is 1.59. The Balaban J connectivity index is 2.54. The van der Waals surface area contributed by atoms with Crippen molar-refractivity contribution in [3.05, 3.63) is 18.0 Å². The van der Waals surface area contributed by atoms with Crippen LogP contribution in [0.3, 0.4) is 0 Å². The quantitative estimate of drug-likeness (QED) is 0.578. The number of rotatable bonds is 7. The average Bonchev–Trinajstić information content (AvgIpc) is 2.29. The van der Waals surface area contributed by atoms with E-state index >= 15 is 0 Å². The van der Waals surface area contributed by atoms with Gasteiger partial charge in [0.25, 0.3) is 0 Å². The van der Waals surface area contributed by atoms with Crippen molar-refractivity contribution in [3.63, 3.8) is 0 Å². The maximum Gasteiger partial charge on any atom is 0.223 e. The summed E-state index contributed by atoms with van der Waals surface area (Å²) in [4.78, 5) is 8.14. The first-order chi connectivity index (χ1) is 8.44. The Morgan fingerprint density at radius 3 is 2.89 bits per heavy atom. The fraction of sp³-hybridized carbons (Fsp3) is 0.444. The number of hydrogen-bond donors (Lipinski definition) is 3. The normalized spacial score (nSPS) is 11.2. The highest BCUT2D eigenvalue weighted by molar-refractivity contribution is 7.89. The molecule has 0 spiro atoms. The average molecular weight is 289 g/mol. The van der Waals surface area contributed by atoms with Crippen LogP contribution in [0.4, 0.5) is 5.95 Å². The molecule has 0 bridgehead atoms. The first-order valence-electron chi connectivity index (χ1n) is 5.28. The molecule has 0 aliphatic rings. The van der Waals surface area contributed by atoms with Crippen LogP contribution < -0.4 is 15.8 Å². The molecule has 0 saturated heterocycles. The number of nitrogens with one attached hydrogen (secondary N) is 2. The molecule has 0 aromatic carbocycles.